The normalized spacial score (nSPS) is 25.2. The van der Waals surface area contributed by atoms with Crippen LogP contribution in [0.4, 0.5) is 0 Å². The molecule has 0 bridgehead atoms. The van der Waals surface area contributed by atoms with Gasteiger partial charge in [0, 0.05) is 6.04 Å². The lowest BCUT2D eigenvalue weighted by Crippen LogP contribution is -2.38. The standard InChI is InChI=1S/C17H28N2/c1-3-13-9-5-7-11-15(13)17(19-18)16-12-8-6-10-14(16)4-2/h5,7,9,11,14,16-17,19H,3-4,6,8,10,12,18H2,1-2H3. The van der Waals surface area contributed by atoms with Gasteiger partial charge in [-0.2, -0.15) is 0 Å². The van der Waals surface area contributed by atoms with Crippen molar-refractivity contribution in [2.45, 2.75) is 58.4 Å². The highest BCUT2D eigenvalue weighted by Crippen LogP contribution is 2.40. The Bertz CT molecular complexity index is 389. The van der Waals surface area contributed by atoms with Crippen LogP contribution in [0.1, 0.15) is 63.1 Å². The zero-order valence-corrected chi connectivity index (χ0v) is 12.4. The van der Waals surface area contributed by atoms with E-state index in [1.165, 1.54) is 43.2 Å². The monoisotopic (exact) mass is 260 g/mol. The predicted molar refractivity (Wildman–Crippen MR) is 81.6 cm³/mol. The van der Waals surface area contributed by atoms with Gasteiger partial charge in [0.05, 0.1) is 0 Å². The summed E-state index contributed by atoms with van der Waals surface area (Å²) in [5, 5.41) is 0. The van der Waals surface area contributed by atoms with Crippen LogP contribution in [0.25, 0.3) is 0 Å². The molecule has 0 aliphatic heterocycles. The second-order valence-corrected chi connectivity index (χ2v) is 5.81. The van der Waals surface area contributed by atoms with Gasteiger partial charge in [-0.3, -0.25) is 11.3 Å². The smallest absolute Gasteiger partial charge is 0.0493 e. The van der Waals surface area contributed by atoms with E-state index in [4.69, 9.17) is 5.84 Å². The van der Waals surface area contributed by atoms with Crippen molar-refractivity contribution in [2.24, 2.45) is 17.7 Å². The highest BCUT2D eigenvalue weighted by molar-refractivity contribution is 5.30. The van der Waals surface area contributed by atoms with Crippen molar-refractivity contribution in [3.05, 3.63) is 35.4 Å². The highest BCUT2D eigenvalue weighted by Gasteiger charge is 2.31. The van der Waals surface area contributed by atoms with E-state index in [-0.39, 0.29) is 0 Å². The van der Waals surface area contributed by atoms with Crippen LogP contribution in [0.5, 0.6) is 0 Å². The summed E-state index contributed by atoms with van der Waals surface area (Å²) in [5.41, 5.74) is 5.98. The number of rotatable bonds is 5. The van der Waals surface area contributed by atoms with Crippen LogP contribution in [0.2, 0.25) is 0 Å². The molecule has 1 aliphatic carbocycles. The second kappa shape index (κ2) is 7.06. The lowest BCUT2D eigenvalue weighted by Gasteiger charge is -2.37. The highest BCUT2D eigenvalue weighted by atomic mass is 15.2. The van der Waals surface area contributed by atoms with Crippen molar-refractivity contribution >= 4 is 0 Å². The third-order valence-electron chi connectivity index (χ3n) is 4.87. The van der Waals surface area contributed by atoms with Crippen LogP contribution in [-0.2, 0) is 6.42 Å². The van der Waals surface area contributed by atoms with Crippen LogP contribution in [0.3, 0.4) is 0 Å². The van der Waals surface area contributed by atoms with Gasteiger partial charge in [-0.15, -0.1) is 0 Å². The maximum atomic E-state index is 5.93. The van der Waals surface area contributed by atoms with E-state index >= 15 is 0 Å². The van der Waals surface area contributed by atoms with E-state index in [0.29, 0.717) is 12.0 Å². The summed E-state index contributed by atoms with van der Waals surface area (Å²) in [6, 6.07) is 9.09. The minimum absolute atomic E-state index is 0.321. The summed E-state index contributed by atoms with van der Waals surface area (Å²) in [6.07, 6.45) is 7.78. The zero-order chi connectivity index (χ0) is 13.7. The van der Waals surface area contributed by atoms with Gasteiger partial charge in [0.2, 0.25) is 0 Å². The van der Waals surface area contributed by atoms with Gasteiger partial charge in [0.25, 0.3) is 0 Å². The Morgan fingerprint density at radius 2 is 1.95 bits per heavy atom. The fourth-order valence-corrected chi connectivity index (χ4v) is 3.79. The van der Waals surface area contributed by atoms with E-state index in [9.17, 15) is 0 Å². The van der Waals surface area contributed by atoms with Crippen molar-refractivity contribution in [1.82, 2.24) is 5.43 Å². The third-order valence-corrected chi connectivity index (χ3v) is 4.87. The molecule has 1 aromatic rings. The van der Waals surface area contributed by atoms with E-state index in [1.54, 1.807) is 0 Å². The molecule has 3 N–H and O–H groups in total. The quantitative estimate of drug-likeness (QED) is 0.621. The first-order valence-electron chi connectivity index (χ1n) is 7.85. The molecule has 2 rings (SSSR count). The van der Waals surface area contributed by atoms with E-state index in [2.05, 4.69) is 43.5 Å². The first-order valence-corrected chi connectivity index (χ1v) is 7.85. The Labute approximate surface area is 117 Å². The molecule has 0 heterocycles. The molecule has 0 aromatic heterocycles. The summed E-state index contributed by atoms with van der Waals surface area (Å²) in [7, 11) is 0. The Hall–Kier alpha value is -0.860. The summed E-state index contributed by atoms with van der Waals surface area (Å²) in [4.78, 5) is 0. The number of hydrogen-bond acceptors (Lipinski definition) is 2. The van der Waals surface area contributed by atoms with Crippen LogP contribution < -0.4 is 11.3 Å². The molecule has 106 valence electrons. The minimum Gasteiger partial charge on any atom is -0.271 e. The van der Waals surface area contributed by atoms with Gasteiger partial charge in [-0.25, -0.2) is 0 Å². The van der Waals surface area contributed by atoms with E-state index in [1.807, 2.05) is 0 Å². The molecule has 2 heteroatoms. The molecule has 2 nitrogen and oxygen atoms in total. The summed E-state index contributed by atoms with van der Waals surface area (Å²) in [6.45, 7) is 4.55. The molecule has 0 saturated heterocycles. The van der Waals surface area contributed by atoms with E-state index < -0.39 is 0 Å². The van der Waals surface area contributed by atoms with Gasteiger partial charge in [-0.05, 0) is 35.8 Å². The number of hydrazine groups is 1. The molecular weight excluding hydrogens is 232 g/mol. The molecule has 1 saturated carbocycles. The molecular formula is C17H28N2. The topological polar surface area (TPSA) is 38.0 Å². The maximum Gasteiger partial charge on any atom is 0.0493 e. The van der Waals surface area contributed by atoms with Crippen molar-refractivity contribution in [3.8, 4) is 0 Å². The third kappa shape index (κ3) is 3.18. The van der Waals surface area contributed by atoms with Crippen LogP contribution in [0.15, 0.2) is 24.3 Å². The van der Waals surface area contributed by atoms with Gasteiger partial charge in [-0.1, -0.05) is 63.8 Å². The Morgan fingerprint density at radius 3 is 2.63 bits per heavy atom. The first-order chi connectivity index (χ1) is 9.31. The molecule has 1 fully saturated rings. The summed E-state index contributed by atoms with van der Waals surface area (Å²) in [5.74, 6) is 7.44. The number of nitrogens with one attached hydrogen (secondary N) is 1. The van der Waals surface area contributed by atoms with Crippen LogP contribution >= 0.6 is 0 Å². The number of nitrogens with two attached hydrogens (primary N) is 1. The maximum absolute atomic E-state index is 5.93. The Balaban J connectivity index is 2.27. The molecule has 1 aliphatic rings. The molecule has 0 spiro atoms. The largest absolute Gasteiger partial charge is 0.271 e. The average Bonchev–Trinajstić information content (AvgIpc) is 2.49. The van der Waals surface area contributed by atoms with Gasteiger partial charge in [0.15, 0.2) is 0 Å². The van der Waals surface area contributed by atoms with Crippen LogP contribution in [-0.4, -0.2) is 0 Å². The number of benzene rings is 1. The second-order valence-electron chi connectivity index (χ2n) is 5.81. The summed E-state index contributed by atoms with van der Waals surface area (Å²) < 4.78 is 0. The van der Waals surface area contributed by atoms with Gasteiger partial charge in [0.1, 0.15) is 0 Å². The van der Waals surface area contributed by atoms with Crippen molar-refractivity contribution in [3.63, 3.8) is 0 Å². The Kier molecular flexibility index (Phi) is 5.41. The number of hydrogen-bond donors (Lipinski definition) is 2. The number of aryl methyl sites for hydroxylation is 1. The van der Waals surface area contributed by atoms with E-state index in [0.717, 1.165) is 12.3 Å². The molecule has 3 atom stereocenters. The van der Waals surface area contributed by atoms with Crippen LogP contribution in [0, 0.1) is 11.8 Å². The lowest BCUT2D eigenvalue weighted by atomic mass is 9.72. The van der Waals surface area contributed by atoms with Crippen molar-refractivity contribution in [2.75, 3.05) is 0 Å². The van der Waals surface area contributed by atoms with Crippen molar-refractivity contribution in [1.29, 1.82) is 0 Å². The van der Waals surface area contributed by atoms with Crippen molar-refractivity contribution < 1.29 is 0 Å². The molecule has 1 aromatic carbocycles. The lowest BCUT2D eigenvalue weighted by molar-refractivity contribution is 0.175. The zero-order valence-electron chi connectivity index (χ0n) is 12.4. The average molecular weight is 260 g/mol. The minimum atomic E-state index is 0.321. The first kappa shape index (κ1) is 14.5. The molecule has 3 unspecified atom stereocenters. The molecule has 0 amide bonds. The predicted octanol–water partition coefficient (Wildman–Crippen LogP) is 3.97. The fraction of sp³-hybridized carbons (Fsp3) is 0.647. The molecule has 19 heavy (non-hydrogen) atoms. The Morgan fingerprint density at radius 1 is 1.21 bits per heavy atom. The molecule has 0 radical (unpaired) electrons. The summed E-state index contributed by atoms with van der Waals surface area (Å²) >= 11 is 0. The SMILES string of the molecule is CCc1ccccc1C(NN)C1CCCCC1CC. The van der Waals surface area contributed by atoms with Gasteiger partial charge >= 0.3 is 0 Å². The fourth-order valence-electron chi connectivity index (χ4n) is 3.79. The van der Waals surface area contributed by atoms with Gasteiger partial charge < -0.3 is 0 Å².